The van der Waals surface area contributed by atoms with Gasteiger partial charge in [0.15, 0.2) is 0 Å². The Hall–Kier alpha value is -0.400. The lowest BCUT2D eigenvalue weighted by molar-refractivity contribution is -0.148. The quantitative estimate of drug-likeness (QED) is 0.531. The van der Waals surface area contributed by atoms with E-state index >= 15 is 0 Å². The number of aliphatic carboxylic acids is 1. The zero-order valence-electron chi connectivity index (χ0n) is 9.50. The molecule has 1 aliphatic rings. The molecule has 1 rings (SSSR count). The second-order valence-corrected chi connectivity index (χ2v) is 6.40. The van der Waals surface area contributed by atoms with E-state index in [1.807, 2.05) is 0 Å². The van der Waals surface area contributed by atoms with Gasteiger partial charge < -0.3 is 15.1 Å². The highest BCUT2D eigenvalue weighted by molar-refractivity contribution is 8.76. The number of nitrogens with zero attached hydrogens (tertiary/aromatic N) is 1. The first-order valence-corrected chi connectivity index (χ1v) is 8.03. The topological polar surface area (TPSA) is 77.8 Å². The number of carboxylic acids is 1. The van der Waals surface area contributed by atoms with Crippen molar-refractivity contribution in [2.75, 3.05) is 24.7 Å². The Morgan fingerprint density at radius 3 is 2.65 bits per heavy atom. The summed E-state index contributed by atoms with van der Waals surface area (Å²) in [6.45, 7) is 0.697. The van der Waals surface area contributed by atoms with Gasteiger partial charge in [0.2, 0.25) is 5.91 Å². The molecule has 5 nitrogen and oxygen atoms in total. The first-order valence-electron chi connectivity index (χ1n) is 5.54. The molecule has 1 aliphatic heterocycles. The van der Waals surface area contributed by atoms with E-state index in [4.69, 9.17) is 10.2 Å². The first-order chi connectivity index (χ1) is 8.16. The lowest BCUT2D eigenvalue weighted by Crippen LogP contribution is -2.40. The Bertz CT molecular complexity index is 275. The van der Waals surface area contributed by atoms with Crippen molar-refractivity contribution < 1.29 is 19.8 Å². The summed E-state index contributed by atoms with van der Waals surface area (Å²) in [7, 11) is 3.06. The summed E-state index contributed by atoms with van der Waals surface area (Å²) < 4.78 is 0. The molecular formula is C10H17NO4S2. The van der Waals surface area contributed by atoms with Gasteiger partial charge >= 0.3 is 5.97 Å². The summed E-state index contributed by atoms with van der Waals surface area (Å²) in [4.78, 5) is 24.2. The molecule has 17 heavy (non-hydrogen) atoms. The van der Waals surface area contributed by atoms with Crippen LogP contribution in [0.3, 0.4) is 0 Å². The molecule has 2 N–H and O–H groups in total. The Kier molecular flexibility index (Phi) is 6.76. The number of hydrogen-bond acceptors (Lipinski definition) is 5. The van der Waals surface area contributed by atoms with Crippen LogP contribution in [0.2, 0.25) is 0 Å². The van der Waals surface area contributed by atoms with E-state index in [9.17, 15) is 9.59 Å². The van der Waals surface area contributed by atoms with Crippen molar-refractivity contribution in [3.63, 3.8) is 0 Å². The fourth-order valence-electron chi connectivity index (χ4n) is 1.75. The van der Waals surface area contributed by atoms with Gasteiger partial charge in [0.25, 0.3) is 0 Å². The van der Waals surface area contributed by atoms with Crippen LogP contribution in [0.5, 0.6) is 0 Å². The van der Waals surface area contributed by atoms with Crippen LogP contribution in [0.4, 0.5) is 0 Å². The molecule has 1 saturated heterocycles. The highest BCUT2D eigenvalue weighted by Crippen LogP contribution is 2.23. The van der Waals surface area contributed by atoms with Gasteiger partial charge in [-0.1, -0.05) is 21.6 Å². The monoisotopic (exact) mass is 279 g/mol. The molecule has 7 heteroatoms. The number of carboxylic acid groups (broad SMARTS) is 1. The van der Waals surface area contributed by atoms with Gasteiger partial charge in [-0.2, -0.15) is 0 Å². The molecule has 0 unspecified atom stereocenters. The third kappa shape index (κ3) is 4.77. The second kappa shape index (κ2) is 7.84. The zero-order valence-corrected chi connectivity index (χ0v) is 11.1. The number of aliphatic hydroxyl groups is 1. The van der Waals surface area contributed by atoms with Gasteiger partial charge in [0.05, 0.1) is 6.61 Å². The summed E-state index contributed by atoms with van der Waals surface area (Å²) in [5.41, 5.74) is 0. The number of hydrogen-bond donors (Lipinski definition) is 2. The number of aliphatic hydroxyl groups excluding tert-OH is 1. The minimum atomic E-state index is -0.904. The Morgan fingerprint density at radius 1 is 1.29 bits per heavy atom. The molecular weight excluding hydrogens is 262 g/mol. The fraction of sp³-hybridized carbons (Fsp3) is 0.800. The summed E-state index contributed by atoms with van der Waals surface area (Å²) in [5.74, 6) is 0.331. The van der Waals surface area contributed by atoms with E-state index in [2.05, 4.69) is 0 Å². The predicted octanol–water partition coefficient (Wildman–Crippen LogP) is 0.826. The number of rotatable bonds is 7. The highest BCUT2D eigenvalue weighted by atomic mass is 33.1. The molecule has 0 saturated carbocycles. The Morgan fingerprint density at radius 2 is 2.00 bits per heavy atom. The van der Waals surface area contributed by atoms with Crippen LogP contribution in [-0.4, -0.2) is 57.7 Å². The van der Waals surface area contributed by atoms with Crippen LogP contribution in [0, 0.1) is 0 Å². The molecule has 1 amide bonds. The summed E-state index contributed by atoms with van der Waals surface area (Å²) in [6.07, 6.45) is 1.70. The second-order valence-electron chi connectivity index (χ2n) is 3.70. The van der Waals surface area contributed by atoms with Gasteiger partial charge in [-0.05, 0) is 12.8 Å². The number of likely N-dealkylation sites (tertiary alicyclic amines) is 1. The van der Waals surface area contributed by atoms with Crippen molar-refractivity contribution in [1.29, 1.82) is 0 Å². The van der Waals surface area contributed by atoms with E-state index in [0.717, 1.165) is 6.42 Å². The molecule has 0 radical (unpaired) electrons. The third-order valence-electron chi connectivity index (χ3n) is 2.52. The molecule has 0 bridgehead atoms. The van der Waals surface area contributed by atoms with Crippen molar-refractivity contribution >= 4 is 33.5 Å². The molecule has 1 atom stereocenters. The summed E-state index contributed by atoms with van der Waals surface area (Å²) in [6, 6.07) is -0.627. The predicted molar refractivity (Wildman–Crippen MR) is 69.0 cm³/mol. The van der Waals surface area contributed by atoms with E-state index < -0.39 is 12.0 Å². The maximum atomic E-state index is 11.8. The van der Waals surface area contributed by atoms with E-state index in [1.54, 1.807) is 0 Å². The average Bonchev–Trinajstić information content (AvgIpc) is 2.77. The number of carbonyl (C=O) groups is 2. The van der Waals surface area contributed by atoms with E-state index in [0.29, 0.717) is 30.9 Å². The maximum absolute atomic E-state index is 11.8. The number of carbonyl (C=O) groups excluding carboxylic acids is 1. The Labute approximate surface area is 108 Å². The largest absolute Gasteiger partial charge is 0.480 e. The molecule has 0 aromatic carbocycles. The van der Waals surface area contributed by atoms with Gasteiger partial charge in [-0.15, -0.1) is 0 Å². The smallest absolute Gasteiger partial charge is 0.326 e. The van der Waals surface area contributed by atoms with E-state index in [-0.39, 0.29) is 12.5 Å². The molecule has 1 heterocycles. The average molecular weight is 279 g/mol. The standard InChI is InChI=1S/C10H17NO4S2/c12-5-7-17-16-6-3-9(13)11-4-1-2-8(11)10(14)15/h8,12H,1-7H2,(H,14,15)/t8-/m0/s1. The third-order valence-corrected chi connectivity index (χ3v) is 4.90. The van der Waals surface area contributed by atoms with Crippen LogP contribution in [0.1, 0.15) is 19.3 Å². The zero-order chi connectivity index (χ0) is 12.7. The number of amides is 1. The van der Waals surface area contributed by atoms with Crippen molar-refractivity contribution in [3.05, 3.63) is 0 Å². The van der Waals surface area contributed by atoms with Gasteiger partial charge in [0.1, 0.15) is 6.04 Å². The van der Waals surface area contributed by atoms with Crippen LogP contribution in [0.25, 0.3) is 0 Å². The fourth-order valence-corrected chi connectivity index (χ4v) is 3.50. The Balaban J connectivity index is 2.25. The lowest BCUT2D eigenvalue weighted by atomic mass is 10.2. The van der Waals surface area contributed by atoms with Crippen LogP contribution < -0.4 is 0 Å². The molecule has 0 aromatic rings. The molecule has 1 fully saturated rings. The van der Waals surface area contributed by atoms with Crippen LogP contribution in [0.15, 0.2) is 0 Å². The summed E-state index contributed by atoms with van der Waals surface area (Å²) >= 11 is 0. The van der Waals surface area contributed by atoms with Gasteiger partial charge in [-0.3, -0.25) is 4.79 Å². The van der Waals surface area contributed by atoms with Gasteiger partial charge in [0, 0.05) is 24.5 Å². The molecule has 0 aromatic heterocycles. The van der Waals surface area contributed by atoms with Crippen molar-refractivity contribution in [2.45, 2.75) is 25.3 Å². The first kappa shape index (κ1) is 14.7. The highest BCUT2D eigenvalue weighted by Gasteiger charge is 2.33. The van der Waals surface area contributed by atoms with E-state index in [1.165, 1.54) is 26.5 Å². The van der Waals surface area contributed by atoms with Crippen molar-refractivity contribution in [1.82, 2.24) is 4.90 Å². The van der Waals surface area contributed by atoms with Crippen LogP contribution in [-0.2, 0) is 9.59 Å². The molecule has 0 spiro atoms. The van der Waals surface area contributed by atoms with Crippen molar-refractivity contribution in [3.8, 4) is 0 Å². The summed E-state index contributed by atoms with van der Waals surface area (Å²) in [5, 5.41) is 17.5. The molecule has 0 aliphatic carbocycles. The maximum Gasteiger partial charge on any atom is 0.326 e. The SMILES string of the molecule is O=C(O)[C@@H]1CCCN1C(=O)CCSSCCO. The minimum absolute atomic E-state index is 0.0769. The normalized spacial score (nSPS) is 19.6. The minimum Gasteiger partial charge on any atom is -0.480 e. The van der Waals surface area contributed by atoms with Gasteiger partial charge in [-0.25, -0.2) is 4.79 Å². The molecule has 98 valence electrons. The lowest BCUT2D eigenvalue weighted by Gasteiger charge is -2.21. The van der Waals surface area contributed by atoms with Crippen LogP contribution >= 0.6 is 21.6 Å². The van der Waals surface area contributed by atoms with Crippen molar-refractivity contribution in [2.24, 2.45) is 0 Å².